The van der Waals surface area contributed by atoms with Crippen LogP contribution in [0.15, 0.2) is 18.2 Å². The molecule has 3 rings (SSSR count). The number of aryl methyl sites for hydroxylation is 1. The molecule has 2 nitrogen and oxygen atoms in total. The lowest BCUT2D eigenvalue weighted by Crippen LogP contribution is -2.45. The molecule has 3 heteroatoms. The van der Waals surface area contributed by atoms with Gasteiger partial charge in [0, 0.05) is 25.2 Å². The first-order valence-corrected chi connectivity index (χ1v) is 7.95. The van der Waals surface area contributed by atoms with E-state index < -0.39 is 0 Å². The first kappa shape index (κ1) is 14.0. The molecule has 0 spiro atoms. The number of halogens is 1. The van der Waals surface area contributed by atoms with Crippen LogP contribution in [0.3, 0.4) is 0 Å². The van der Waals surface area contributed by atoms with Crippen LogP contribution < -0.4 is 5.32 Å². The molecule has 1 N–H and O–H groups in total. The molecule has 1 saturated carbocycles. The minimum absolute atomic E-state index is 0.115. The summed E-state index contributed by atoms with van der Waals surface area (Å²) in [6.07, 6.45) is 6.56. The minimum atomic E-state index is -0.115. The number of likely N-dealkylation sites (tertiary alicyclic amines) is 1. The van der Waals surface area contributed by atoms with Gasteiger partial charge in [0.2, 0.25) is 0 Å². The predicted molar refractivity (Wildman–Crippen MR) is 80.2 cm³/mol. The van der Waals surface area contributed by atoms with Gasteiger partial charge in [-0.2, -0.15) is 0 Å². The van der Waals surface area contributed by atoms with Crippen LogP contribution in [-0.4, -0.2) is 30.1 Å². The molecule has 1 atom stereocenters. The van der Waals surface area contributed by atoms with E-state index >= 15 is 0 Å². The van der Waals surface area contributed by atoms with E-state index in [1.54, 1.807) is 12.1 Å². The Balaban J connectivity index is 1.64. The van der Waals surface area contributed by atoms with Crippen LogP contribution in [0.1, 0.15) is 43.2 Å². The predicted octanol–water partition coefficient (Wildman–Crippen LogP) is 3.24. The molecule has 1 aliphatic carbocycles. The maximum absolute atomic E-state index is 13.4. The van der Waals surface area contributed by atoms with E-state index in [1.807, 2.05) is 6.07 Å². The Morgan fingerprint density at radius 2 is 2.10 bits per heavy atom. The van der Waals surface area contributed by atoms with Gasteiger partial charge in [-0.25, -0.2) is 4.39 Å². The van der Waals surface area contributed by atoms with Crippen molar-refractivity contribution in [1.29, 1.82) is 0 Å². The molecule has 1 aromatic rings. The van der Waals surface area contributed by atoms with E-state index in [0.717, 1.165) is 31.2 Å². The van der Waals surface area contributed by atoms with Crippen LogP contribution >= 0.6 is 0 Å². The summed E-state index contributed by atoms with van der Waals surface area (Å²) in [7, 11) is 0. The normalized spacial score (nSPS) is 24.0. The monoisotopic (exact) mass is 276 g/mol. The average molecular weight is 276 g/mol. The smallest absolute Gasteiger partial charge is 0.123 e. The molecule has 1 aromatic carbocycles. The van der Waals surface area contributed by atoms with E-state index in [0.29, 0.717) is 6.04 Å². The van der Waals surface area contributed by atoms with Gasteiger partial charge in [0.15, 0.2) is 0 Å². The number of hydrogen-bond donors (Lipinski definition) is 1. The van der Waals surface area contributed by atoms with Gasteiger partial charge in [-0.1, -0.05) is 12.5 Å². The average Bonchev–Trinajstić information content (AvgIpc) is 3.26. The topological polar surface area (TPSA) is 15.3 Å². The number of piperidine rings is 1. The highest BCUT2D eigenvalue weighted by Crippen LogP contribution is 2.23. The highest BCUT2D eigenvalue weighted by molar-refractivity contribution is 5.26. The van der Waals surface area contributed by atoms with Gasteiger partial charge in [-0.05, 0) is 62.4 Å². The van der Waals surface area contributed by atoms with Crippen molar-refractivity contribution in [2.24, 2.45) is 0 Å². The van der Waals surface area contributed by atoms with E-state index in [4.69, 9.17) is 0 Å². The standard InChI is InChI=1S/C17H25FN2/c1-13-5-6-15(18)10-14(13)12-20-9-3-2-4-17(20)11-19-16-7-8-16/h5-6,10,16-17,19H,2-4,7-9,11-12H2,1H3. The Morgan fingerprint density at radius 3 is 2.90 bits per heavy atom. The molecule has 1 saturated heterocycles. The van der Waals surface area contributed by atoms with Gasteiger partial charge in [0.05, 0.1) is 0 Å². The van der Waals surface area contributed by atoms with Crippen LogP contribution in [0.2, 0.25) is 0 Å². The molecule has 1 aliphatic heterocycles. The number of nitrogens with one attached hydrogen (secondary N) is 1. The zero-order chi connectivity index (χ0) is 13.9. The van der Waals surface area contributed by atoms with Gasteiger partial charge in [0.25, 0.3) is 0 Å². The van der Waals surface area contributed by atoms with Gasteiger partial charge in [-0.3, -0.25) is 4.90 Å². The second-order valence-corrected chi connectivity index (χ2v) is 6.37. The molecule has 2 aliphatic rings. The summed E-state index contributed by atoms with van der Waals surface area (Å²) < 4.78 is 13.4. The number of rotatable bonds is 5. The largest absolute Gasteiger partial charge is 0.312 e. The van der Waals surface area contributed by atoms with Crippen molar-refractivity contribution in [3.8, 4) is 0 Å². The Bertz CT molecular complexity index is 456. The fraction of sp³-hybridized carbons (Fsp3) is 0.647. The summed E-state index contributed by atoms with van der Waals surface area (Å²) in [6.45, 7) is 5.21. The highest BCUT2D eigenvalue weighted by atomic mass is 19.1. The molecule has 2 fully saturated rings. The Morgan fingerprint density at radius 1 is 1.25 bits per heavy atom. The van der Waals surface area contributed by atoms with E-state index in [9.17, 15) is 4.39 Å². The van der Waals surface area contributed by atoms with Crippen LogP contribution in [0.25, 0.3) is 0 Å². The third kappa shape index (κ3) is 3.58. The van der Waals surface area contributed by atoms with Crippen LogP contribution in [0, 0.1) is 12.7 Å². The first-order chi connectivity index (χ1) is 9.72. The first-order valence-electron chi connectivity index (χ1n) is 7.95. The lowest BCUT2D eigenvalue weighted by Gasteiger charge is -2.36. The second-order valence-electron chi connectivity index (χ2n) is 6.37. The van der Waals surface area contributed by atoms with Crippen molar-refractivity contribution in [3.05, 3.63) is 35.1 Å². The van der Waals surface area contributed by atoms with Gasteiger partial charge in [0.1, 0.15) is 5.82 Å². The molecule has 1 unspecified atom stereocenters. The van der Waals surface area contributed by atoms with Crippen molar-refractivity contribution >= 4 is 0 Å². The summed E-state index contributed by atoms with van der Waals surface area (Å²) in [5, 5.41) is 3.65. The number of hydrogen-bond acceptors (Lipinski definition) is 2. The lowest BCUT2D eigenvalue weighted by atomic mass is 10.00. The number of nitrogens with zero attached hydrogens (tertiary/aromatic N) is 1. The molecule has 0 amide bonds. The molecule has 0 radical (unpaired) electrons. The van der Waals surface area contributed by atoms with Crippen LogP contribution in [-0.2, 0) is 6.54 Å². The van der Waals surface area contributed by atoms with Crippen LogP contribution in [0.4, 0.5) is 4.39 Å². The molecule has 0 aromatic heterocycles. The maximum Gasteiger partial charge on any atom is 0.123 e. The third-order valence-corrected chi connectivity index (χ3v) is 4.65. The van der Waals surface area contributed by atoms with Crippen molar-refractivity contribution in [2.75, 3.05) is 13.1 Å². The highest BCUT2D eigenvalue weighted by Gasteiger charge is 2.26. The zero-order valence-electron chi connectivity index (χ0n) is 12.4. The van der Waals surface area contributed by atoms with Crippen molar-refractivity contribution in [3.63, 3.8) is 0 Å². The summed E-state index contributed by atoms with van der Waals surface area (Å²) >= 11 is 0. The Hall–Kier alpha value is -0.930. The van der Waals surface area contributed by atoms with Crippen LogP contribution in [0.5, 0.6) is 0 Å². The summed E-state index contributed by atoms with van der Waals surface area (Å²) in [6, 6.07) is 6.55. The van der Waals surface area contributed by atoms with Gasteiger partial charge in [-0.15, -0.1) is 0 Å². The number of benzene rings is 1. The van der Waals surface area contributed by atoms with E-state index in [1.165, 1.54) is 37.7 Å². The van der Waals surface area contributed by atoms with Crippen molar-refractivity contribution in [2.45, 2.75) is 57.7 Å². The quantitative estimate of drug-likeness (QED) is 0.888. The summed E-state index contributed by atoms with van der Waals surface area (Å²) in [5.74, 6) is -0.115. The minimum Gasteiger partial charge on any atom is -0.312 e. The SMILES string of the molecule is Cc1ccc(F)cc1CN1CCCCC1CNC1CC1. The fourth-order valence-corrected chi connectivity index (χ4v) is 3.12. The van der Waals surface area contributed by atoms with Crippen molar-refractivity contribution in [1.82, 2.24) is 10.2 Å². The maximum atomic E-state index is 13.4. The Kier molecular flexibility index (Phi) is 4.37. The summed E-state index contributed by atoms with van der Waals surface area (Å²) in [5.41, 5.74) is 2.34. The molecule has 20 heavy (non-hydrogen) atoms. The molecule has 0 bridgehead atoms. The zero-order valence-corrected chi connectivity index (χ0v) is 12.4. The third-order valence-electron chi connectivity index (χ3n) is 4.65. The molecular formula is C17H25FN2. The van der Waals surface area contributed by atoms with Gasteiger partial charge >= 0.3 is 0 Å². The van der Waals surface area contributed by atoms with E-state index in [-0.39, 0.29) is 5.82 Å². The molecule has 1 heterocycles. The van der Waals surface area contributed by atoms with Crippen molar-refractivity contribution < 1.29 is 4.39 Å². The molecular weight excluding hydrogens is 251 g/mol. The summed E-state index contributed by atoms with van der Waals surface area (Å²) in [4.78, 5) is 2.54. The fourth-order valence-electron chi connectivity index (χ4n) is 3.12. The Labute approximate surface area is 121 Å². The molecule has 110 valence electrons. The lowest BCUT2D eigenvalue weighted by molar-refractivity contribution is 0.137. The van der Waals surface area contributed by atoms with E-state index in [2.05, 4.69) is 17.1 Å². The van der Waals surface area contributed by atoms with Gasteiger partial charge < -0.3 is 5.32 Å². The second kappa shape index (κ2) is 6.23.